The number of aromatic nitrogens is 1. The van der Waals surface area contributed by atoms with Crippen molar-refractivity contribution in [2.45, 2.75) is 13.5 Å². The number of aliphatic hydroxyl groups is 1. The van der Waals surface area contributed by atoms with E-state index in [1.165, 1.54) is 11.3 Å². The monoisotopic (exact) mass is 163 g/mol. The third-order valence-corrected chi connectivity index (χ3v) is 2.13. The Morgan fingerprint density at radius 2 is 2.44 bits per heavy atom. The van der Waals surface area contributed by atoms with E-state index in [0.717, 1.165) is 4.88 Å². The summed E-state index contributed by atoms with van der Waals surface area (Å²) in [6.07, 6.45) is 0. The van der Waals surface area contributed by atoms with Crippen molar-refractivity contribution in [2.75, 3.05) is 0 Å². The lowest BCUT2D eigenvalue weighted by Gasteiger charge is -1.85. The summed E-state index contributed by atoms with van der Waals surface area (Å²) in [5, 5.41) is 8.62. The minimum Gasteiger partial charge on any atom is -0.390 e. The van der Waals surface area contributed by atoms with Crippen LogP contribution in [0.25, 0.3) is 0 Å². The number of nitrogens with zero attached hydrogens (tertiary/aromatic N) is 1. The molecule has 9 heavy (non-hydrogen) atoms. The molecule has 0 amide bonds. The number of aliphatic hydroxyl groups excluding tert-OH is 1. The van der Waals surface area contributed by atoms with Crippen LogP contribution in [0.4, 0.5) is 0 Å². The Kier molecular flexibility index (Phi) is 2.05. The van der Waals surface area contributed by atoms with E-state index in [1.807, 2.05) is 6.92 Å². The molecule has 0 atom stereocenters. The van der Waals surface area contributed by atoms with Gasteiger partial charge in [-0.05, 0) is 6.92 Å². The molecule has 1 aromatic rings. The average molecular weight is 164 g/mol. The van der Waals surface area contributed by atoms with Gasteiger partial charge in [0.25, 0.3) is 0 Å². The fraction of sp³-hybridized carbons (Fsp3) is 0.400. The fourth-order valence-corrected chi connectivity index (χ4v) is 1.63. The Morgan fingerprint density at radius 1 is 1.78 bits per heavy atom. The van der Waals surface area contributed by atoms with Crippen molar-refractivity contribution < 1.29 is 5.11 Å². The number of halogens is 1. The van der Waals surface area contributed by atoms with E-state index in [0.29, 0.717) is 10.2 Å². The molecular formula is C5H6ClNOS. The zero-order valence-electron chi connectivity index (χ0n) is 4.89. The zero-order chi connectivity index (χ0) is 6.85. The number of rotatable bonds is 1. The van der Waals surface area contributed by atoms with Crippen LogP contribution in [0.3, 0.4) is 0 Å². The first-order chi connectivity index (χ1) is 4.24. The molecule has 0 aliphatic heterocycles. The Balaban J connectivity index is 3.01. The van der Waals surface area contributed by atoms with E-state index >= 15 is 0 Å². The van der Waals surface area contributed by atoms with Crippen LogP contribution in [-0.2, 0) is 6.61 Å². The second kappa shape index (κ2) is 2.64. The summed E-state index contributed by atoms with van der Waals surface area (Å²) in [6.45, 7) is 1.87. The number of aryl methyl sites for hydroxylation is 1. The van der Waals surface area contributed by atoms with Crippen molar-refractivity contribution in [3.63, 3.8) is 0 Å². The minimum absolute atomic E-state index is 0.0188. The highest BCUT2D eigenvalue weighted by Gasteiger charge is 2.02. The van der Waals surface area contributed by atoms with Gasteiger partial charge in [0.15, 0.2) is 4.47 Å². The van der Waals surface area contributed by atoms with Gasteiger partial charge in [-0.3, -0.25) is 0 Å². The van der Waals surface area contributed by atoms with Crippen molar-refractivity contribution >= 4 is 22.9 Å². The van der Waals surface area contributed by atoms with Crippen molar-refractivity contribution in [1.82, 2.24) is 4.98 Å². The molecule has 0 aliphatic carbocycles. The summed E-state index contributed by atoms with van der Waals surface area (Å²) >= 11 is 6.93. The van der Waals surface area contributed by atoms with Crippen LogP contribution in [0.2, 0.25) is 4.47 Å². The Bertz CT molecular complexity index is 211. The van der Waals surface area contributed by atoms with Gasteiger partial charge in [0.05, 0.1) is 12.3 Å². The highest BCUT2D eigenvalue weighted by molar-refractivity contribution is 7.15. The maximum Gasteiger partial charge on any atom is 0.184 e. The lowest BCUT2D eigenvalue weighted by molar-refractivity contribution is 0.277. The number of hydrogen-bond acceptors (Lipinski definition) is 3. The van der Waals surface area contributed by atoms with Gasteiger partial charge >= 0.3 is 0 Å². The molecule has 1 N–H and O–H groups in total. The van der Waals surface area contributed by atoms with E-state index < -0.39 is 0 Å². The molecule has 0 fully saturated rings. The van der Waals surface area contributed by atoms with Crippen molar-refractivity contribution in [2.24, 2.45) is 0 Å². The smallest absolute Gasteiger partial charge is 0.184 e. The Morgan fingerprint density at radius 3 is 2.67 bits per heavy atom. The first-order valence-corrected chi connectivity index (χ1v) is 3.66. The molecule has 1 rings (SSSR count). The Hall–Kier alpha value is -0.120. The van der Waals surface area contributed by atoms with Gasteiger partial charge in [0.1, 0.15) is 0 Å². The van der Waals surface area contributed by atoms with Gasteiger partial charge in [-0.1, -0.05) is 11.6 Å². The Labute approximate surface area is 62.1 Å². The molecular weight excluding hydrogens is 158 g/mol. The zero-order valence-corrected chi connectivity index (χ0v) is 6.46. The number of thiazole rings is 1. The standard InChI is InChI=1S/C5H6ClNOS/c1-3-4(2-8)7-5(6)9-3/h8H,2H2,1H3. The quantitative estimate of drug-likeness (QED) is 0.682. The number of hydrogen-bond donors (Lipinski definition) is 1. The van der Waals surface area contributed by atoms with E-state index in [4.69, 9.17) is 16.7 Å². The van der Waals surface area contributed by atoms with Crippen LogP contribution >= 0.6 is 22.9 Å². The lowest BCUT2D eigenvalue weighted by Crippen LogP contribution is -1.83. The van der Waals surface area contributed by atoms with Crippen molar-refractivity contribution in [1.29, 1.82) is 0 Å². The van der Waals surface area contributed by atoms with Crippen molar-refractivity contribution in [3.05, 3.63) is 15.0 Å². The largest absolute Gasteiger partial charge is 0.390 e. The van der Waals surface area contributed by atoms with Crippen LogP contribution in [0.15, 0.2) is 0 Å². The molecule has 0 saturated heterocycles. The summed E-state index contributed by atoms with van der Waals surface area (Å²) < 4.78 is 0.497. The topological polar surface area (TPSA) is 33.1 Å². The van der Waals surface area contributed by atoms with Gasteiger partial charge in [-0.25, -0.2) is 4.98 Å². The molecule has 0 bridgehead atoms. The van der Waals surface area contributed by atoms with E-state index in [-0.39, 0.29) is 6.61 Å². The van der Waals surface area contributed by atoms with Crippen LogP contribution in [0.5, 0.6) is 0 Å². The second-order valence-electron chi connectivity index (χ2n) is 1.63. The molecule has 0 radical (unpaired) electrons. The minimum atomic E-state index is -0.0188. The molecule has 0 spiro atoms. The third-order valence-electron chi connectivity index (χ3n) is 1.02. The molecule has 0 aromatic carbocycles. The highest BCUT2D eigenvalue weighted by Crippen LogP contribution is 2.20. The van der Waals surface area contributed by atoms with Gasteiger partial charge in [0.2, 0.25) is 0 Å². The summed E-state index contributed by atoms with van der Waals surface area (Å²) in [6, 6.07) is 0. The summed E-state index contributed by atoms with van der Waals surface area (Å²) in [5.41, 5.74) is 0.685. The predicted molar refractivity (Wildman–Crippen MR) is 37.8 cm³/mol. The van der Waals surface area contributed by atoms with Gasteiger partial charge in [0, 0.05) is 4.88 Å². The maximum atomic E-state index is 8.62. The van der Waals surface area contributed by atoms with Gasteiger partial charge in [-0.2, -0.15) is 0 Å². The molecule has 0 aliphatic rings. The second-order valence-corrected chi connectivity index (χ2v) is 3.41. The lowest BCUT2D eigenvalue weighted by atomic mass is 10.4. The summed E-state index contributed by atoms with van der Waals surface area (Å²) in [7, 11) is 0. The normalized spacial score (nSPS) is 10.1. The average Bonchev–Trinajstić information content (AvgIpc) is 2.10. The van der Waals surface area contributed by atoms with Gasteiger partial charge in [-0.15, -0.1) is 11.3 Å². The summed E-state index contributed by atoms with van der Waals surface area (Å²) in [5.74, 6) is 0. The van der Waals surface area contributed by atoms with E-state index in [2.05, 4.69) is 4.98 Å². The maximum absolute atomic E-state index is 8.62. The predicted octanol–water partition coefficient (Wildman–Crippen LogP) is 1.60. The van der Waals surface area contributed by atoms with Crippen LogP contribution in [0, 0.1) is 6.92 Å². The first kappa shape index (κ1) is 6.99. The van der Waals surface area contributed by atoms with E-state index in [9.17, 15) is 0 Å². The molecule has 4 heteroatoms. The first-order valence-electron chi connectivity index (χ1n) is 2.46. The highest BCUT2D eigenvalue weighted by atomic mass is 35.5. The molecule has 50 valence electrons. The van der Waals surface area contributed by atoms with Crippen LogP contribution in [-0.4, -0.2) is 10.1 Å². The molecule has 0 saturated carbocycles. The molecule has 0 unspecified atom stereocenters. The molecule has 1 heterocycles. The van der Waals surface area contributed by atoms with Crippen molar-refractivity contribution in [3.8, 4) is 0 Å². The third kappa shape index (κ3) is 1.41. The van der Waals surface area contributed by atoms with Crippen LogP contribution in [0.1, 0.15) is 10.6 Å². The van der Waals surface area contributed by atoms with E-state index in [1.54, 1.807) is 0 Å². The van der Waals surface area contributed by atoms with Gasteiger partial charge < -0.3 is 5.11 Å². The fourth-order valence-electron chi connectivity index (χ4n) is 0.540. The van der Waals surface area contributed by atoms with Crippen LogP contribution < -0.4 is 0 Å². The SMILES string of the molecule is Cc1sc(Cl)nc1CO. The molecule has 1 aromatic heterocycles. The summed E-state index contributed by atoms with van der Waals surface area (Å²) in [4.78, 5) is 4.85. The molecule has 2 nitrogen and oxygen atoms in total.